The lowest BCUT2D eigenvalue weighted by Gasteiger charge is -2.15. The fourth-order valence-electron chi connectivity index (χ4n) is 2.75. The largest absolute Gasteiger partial charge is 0.508 e. The molecular weight excluding hydrogens is 332 g/mol. The van der Waals surface area contributed by atoms with Gasteiger partial charge in [-0.2, -0.15) is 0 Å². The van der Waals surface area contributed by atoms with Crippen molar-refractivity contribution < 1.29 is 19.3 Å². The monoisotopic (exact) mass is 352 g/mol. The van der Waals surface area contributed by atoms with Crippen molar-refractivity contribution in [2.75, 3.05) is 27.1 Å². The number of methoxy groups -OCH3 is 3. The molecule has 0 radical (unpaired) electrons. The molecule has 0 saturated heterocycles. The van der Waals surface area contributed by atoms with Gasteiger partial charge in [0.25, 0.3) is 0 Å². The maximum absolute atomic E-state index is 9.47. The van der Waals surface area contributed by atoms with Gasteiger partial charge in [0.15, 0.2) is 11.5 Å². The van der Waals surface area contributed by atoms with Crippen molar-refractivity contribution in [3.63, 3.8) is 0 Å². The van der Waals surface area contributed by atoms with E-state index in [2.05, 4.69) is 4.98 Å². The Morgan fingerprint density at radius 1 is 0.808 bits per heavy atom. The van der Waals surface area contributed by atoms with Crippen molar-refractivity contribution in [1.29, 1.82) is 0 Å². The van der Waals surface area contributed by atoms with Gasteiger partial charge in [-0.3, -0.25) is 0 Å². The zero-order valence-electron chi connectivity index (χ0n) is 14.8. The number of benzene rings is 2. The van der Waals surface area contributed by atoms with Gasteiger partial charge in [-0.25, -0.2) is 4.98 Å². The van der Waals surface area contributed by atoms with Crippen LogP contribution in [0.5, 0.6) is 23.0 Å². The maximum atomic E-state index is 9.47. The number of ether oxygens (including phenoxy) is 3. The molecular formula is C20H20N2O4. The van der Waals surface area contributed by atoms with Crippen molar-refractivity contribution in [2.45, 2.75) is 0 Å². The van der Waals surface area contributed by atoms with Crippen LogP contribution in [0.3, 0.4) is 0 Å². The summed E-state index contributed by atoms with van der Waals surface area (Å²) in [5, 5.41) is 9.47. The Kier molecular flexibility index (Phi) is 4.84. The summed E-state index contributed by atoms with van der Waals surface area (Å²) in [5.41, 5.74) is 9.45. The molecule has 6 heteroatoms. The summed E-state index contributed by atoms with van der Waals surface area (Å²) in [7, 11) is 4.69. The van der Waals surface area contributed by atoms with E-state index in [0.29, 0.717) is 23.1 Å². The fraction of sp³-hybridized carbons (Fsp3) is 0.150. The molecule has 0 amide bonds. The smallest absolute Gasteiger partial charge is 0.203 e. The van der Waals surface area contributed by atoms with Crippen molar-refractivity contribution in [1.82, 2.24) is 4.98 Å². The minimum atomic E-state index is 0.210. The molecule has 0 bridgehead atoms. The molecule has 3 N–H and O–H groups in total. The number of phenols is 1. The SMILES string of the molecule is COc1cc(-c2cc(-c3ccc(O)cc3)cnc2N)cc(OC)c1OC. The molecule has 0 unspecified atom stereocenters. The predicted molar refractivity (Wildman–Crippen MR) is 101 cm³/mol. The molecule has 0 aliphatic rings. The molecule has 0 spiro atoms. The summed E-state index contributed by atoms with van der Waals surface area (Å²) in [6.07, 6.45) is 1.70. The number of nitrogens with zero attached hydrogens (tertiary/aromatic N) is 1. The zero-order chi connectivity index (χ0) is 18.7. The van der Waals surface area contributed by atoms with Crippen molar-refractivity contribution >= 4 is 5.82 Å². The van der Waals surface area contributed by atoms with E-state index in [1.807, 2.05) is 30.3 Å². The Hall–Kier alpha value is -3.41. The summed E-state index contributed by atoms with van der Waals surface area (Å²) in [6.45, 7) is 0. The topological polar surface area (TPSA) is 86.8 Å². The van der Waals surface area contributed by atoms with E-state index in [0.717, 1.165) is 22.3 Å². The standard InChI is InChI=1S/C20H20N2O4/c1-24-17-9-13(10-18(25-2)19(17)26-3)16-8-14(11-22-20(16)21)12-4-6-15(23)7-5-12/h4-11,23H,1-3H3,(H2,21,22). The summed E-state index contributed by atoms with van der Waals surface area (Å²) < 4.78 is 16.2. The van der Waals surface area contributed by atoms with Gasteiger partial charge in [-0.1, -0.05) is 12.1 Å². The van der Waals surface area contributed by atoms with Gasteiger partial charge in [0, 0.05) is 17.3 Å². The molecule has 3 rings (SSSR count). The van der Waals surface area contributed by atoms with Gasteiger partial charge in [0.1, 0.15) is 11.6 Å². The lowest BCUT2D eigenvalue weighted by molar-refractivity contribution is 0.324. The second kappa shape index (κ2) is 7.23. The Labute approximate surface area is 151 Å². The molecule has 0 saturated carbocycles. The van der Waals surface area contributed by atoms with Gasteiger partial charge in [-0.05, 0) is 41.5 Å². The molecule has 1 heterocycles. The van der Waals surface area contributed by atoms with E-state index in [4.69, 9.17) is 19.9 Å². The number of pyridine rings is 1. The molecule has 26 heavy (non-hydrogen) atoms. The van der Waals surface area contributed by atoms with E-state index in [-0.39, 0.29) is 5.75 Å². The zero-order valence-corrected chi connectivity index (χ0v) is 14.8. The van der Waals surface area contributed by atoms with Gasteiger partial charge in [0.2, 0.25) is 5.75 Å². The van der Waals surface area contributed by atoms with Crippen molar-refractivity contribution in [3.8, 4) is 45.3 Å². The summed E-state index contributed by atoms with van der Waals surface area (Å²) in [4.78, 5) is 4.31. The summed E-state index contributed by atoms with van der Waals surface area (Å²) in [6, 6.07) is 12.5. The van der Waals surface area contributed by atoms with Crippen LogP contribution >= 0.6 is 0 Å². The Balaban J connectivity index is 2.14. The lowest BCUT2D eigenvalue weighted by atomic mass is 10.00. The average molecular weight is 352 g/mol. The van der Waals surface area contributed by atoms with E-state index in [1.54, 1.807) is 39.7 Å². The van der Waals surface area contributed by atoms with Crippen LogP contribution in [0.25, 0.3) is 22.3 Å². The number of hydrogen-bond acceptors (Lipinski definition) is 6. The third-order valence-corrected chi connectivity index (χ3v) is 4.09. The number of anilines is 1. The molecule has 3 aromatic rings. The van der Waals surface area contributed by atoms with Crippen molar-refractivity contribution in [2.24, 2.45) is 0 Å². The number of phenolic OH excluding ortho intramolecular Hbond substituents is 1. The lowest BCUT2D eigenvalue weighted by Crippen LogP contribution is -1.98. The van der Waals surface area contributed by atoms with Crippen LogP contribution in [-0.4, -0.2) is 31.4 Å². The fourth-order valence-corrected chi connectivity index (χ4v) is 2.75. The third kappa shape index (κ3) is 3.21. The van der Waals surface area contributed by atoms with Crippen LogP contribution in [0.15, 0.2) is 48.7 Å². The first kappa shape index (κ1) is 17.4. The molecule has 2 aromatic carbocycles. The van der Waals surface area contributed by atoms with Crippen LogP contribution in [0, 0.1) is 0 Å². The predicted octanol–water partition coefficient (Wildman–Crippen LogP) is 3.73. The van der Waals surface area contributed by atoms with Crippen molar-refractivity contribution in [3.05, 3.63) is 48.7 Å². The number of nitrogens with two attached hydrogens (primary N) is 1. The first-order chi connectivity index (χ1) is 12.6. The number of hydrogen-bond donors (Lipinski definition) is 2. The Morgan fingerprint density at radius 2 is 1.42 bits per heavy atom. The number of aromatic nitrogens is 1. The van der Waals surface area contributed by atoms with Gasteiger partial charge >= 0.3 is 0 Å². The van der Waals surface area contributed by atoms with Crippen LogP contribution in [-0.2, 0) is 0 Å². The Morgan fingerprint density at radius 3 is 1.96 bits per heavy atom. The molecule has 0 atom stereocenters. The molecule has 0 aliphatic heterocycles. The van der Waals surface area contributed by atoms with Crippen LogP contribution in [0.4, 0.5) is 5.82 Å². The first-order valence-electron chi connectivity index (χ1n) is 7.92. The minimum absolute atomic E-state index is 0.210. The first-order valence-corrected chi connectivity index (χ1v) is 7.92. The molecule has 134 valence electrons. The highest BCUT2D eigenvalue weighted by Crippen LogP contribution is 2.42. The maximum Gasteiger partial charge on any atom is 0.203 e. The van der Waals surface area contributed by atoms with E-state index < -0.39 is 0 Å². The highest BCUT2D eigenvalue weighted by atomic mass is 16.5. The second-order valence-corrected chi connectivity index (χ2v) is 5.62. The average Bonchev–Trinajstić information content (AvgIpc) is 2.67. The quantitative estimate of drug-likeness (QED) is 0.727. The highest BCUT2D eigenvalue weighted by molar-refractivity contribution is 5.81. The van der Waals surface area contributed by atoms with Gasteiger partial charge < -0.3 is 25.1 Å². The molecule has 0 fully saturated rings. The van der Waals surface area contributed by atoms with Gasteiger partial charge in [-0.15, -0.1) is 0 Å². The van der Waals surface area contributed by atoms with E-state index in [1.165, 1.54) is 0 Å². The molecule has 6 nitrogen and oxygen atoms in total. The summed E-state index contributed by atoms with van der Waals surface area (Å²) >= 11 is 0. The summed E-state index contributed by atoms with van der Waals surface area (Å²) in [5.74, 6) is 2.19. The van der Waals surface area contributed by atoms with Crippen LogP contribution < -0.4 is 19.9 Å². The van der Waals surface area contributed by atoms with E-state index >= 15 is 0 Å². The van der Waals surface area contributed by atoms with E-state index in [9.17, 15) is 5.11 Å². The second-order valence-electron chi connectivity index (χ2n) is 5.62. The number of rotatable bonds is 5. The minimum Gasteiger partial charge on any atom is -0.508 e. The van der Waals surface area contributed by atoms with Crippen LogP contribution in [0.2, 0.25) is 0 Å². The highest BCUT2D eigenvalue weighted by Gasteiger charge is 2.16. The third-order valence-electron chi connectivity index (χ3n) is 4.09. The molecule has 1 aromatic heterocycles. The molecule has 0 aliphatic carbocycles. The van der Waals surface area contributed by atoms with Crippen LogP contribution in [0.1, 0.15) is 0 Å². The number of nitrogen functional groups attached to an aromatic ring is 1. The normalized spacial score (nSPS) is 10.4. The number of aromatic hydroxyl groups is 1. The Bertz CT molecular complexity index is 899. The van der Waals surface area contributed by atoms with Gasteiger partial charge in [0.05, 0.1) is 21.3 Å².